The van der Waals surface area contributed by atoms with E-state index in [-0.39, 0.29) is 11.5 Å². The van der Waals surface area contributed by atoms with Gasteiger partial charge in [-0.1, -0.05) is 36.9 Å². The van der Waals surface area contributed by atoms with Crippen LogP contribution < -0.4 is 5.32 Å². The predicted molar refractivity (Wildman–Crippen MR) is 102 cm³/mol. The number of nitrogens with zero attached hydrogens (tertiary/aromatic N) is 1. The molecule has 1 saturated carbocycles. The Kier molecular flexibility index (Phi) is 5.20. The summed E-state index contributed by atoms with van der Waals surface area (Å²) in [6, 6.07) is 18.9. The molecule has 0 spiro atoms. The van der Waals surface area contributed by atoms with Crippen molar-refractivity contribution in [3.63, 3.8) is 0 Å². The Morgan fingerprint density at radius 1 is 1.12 bits per heavy atom. The molecule has 1 aliphatic rings. The maximum absolute atomic E-state index is 12.5. The lowest BCUT2D eigenvalue weighted by Gasteiger charge is -2.37. The number of nitrogens with one attached hydrogen (secondary N) is 1. The lowest BCUT2D eigenvalue weighted by Crippen LogP contribution is -2.39. The van der Waals surface area contributed by atoms with Gasteiger partial charge in [-0.3, -0.25) is 4.79 Å². The van der Waals surface area contributed by atoms with Crippen molar-refractivity contribution >= 4 is 11.6 Å². The molecule has 2 aromatic rings. The smallest absolute Gasteiger partial charge is 0.253 e. The van der Waals surface area contributed by atoms with Gasteiger partial charge in [0.25, 0.3) is 5.91 Å². The van der Waals surface area contributed by atoms with Gasteiger partial charge in [-0.15, -0.1) is 0 Å². The zero-order valence-electron chi connectivity index (χ0n) is 14.6. The summed E-state index contributed by atoms with van der Waals surface area (Å²) in [6.45, 7) is 3.86. The molecule has 1 amide bonds. The number of rotatable bonds is 4. The summed E-state index contributed by atoms with van der Waals surface area (Å²) in [7, 11) is 0. The van der Waals surface area contributed by atoms with Crippen molar-refractivity contribution in [1.29, 1.82) is 5.26 Å². The summed E-state index contributed by atoms with van der Waals surface area (Å²) in [5, 5.41) is 22.5. The Labute approximate surface area is 153 Å². The first-order chi connectivity index (χ1) is 12.5. The lowest BCUT2D eigenvalue weighted by molar-refractivity contribution is -0.115. The number of amides is 1. The minimum atomic E-state index is -1.16. The number of aliphatic hydroxyl groups is 1. The van der Waals surface area contributed by atoms with Crippen LogP contribution in [0.1, 0.15) is 42.7 Å². The zero-order valence-corrected chi connectivity index (χ0v) is 14.6. The van der Waals surface area contributed by atoms with Crippen LogP contribution >= 0.6 is 0 Å². The first kappa shape index (κ1) is 17.9. The number of hydrogen-bond donors (Lipinski definition) is 2. The number of benzene rings is 2. The van der Waals surface area contributed by atoms with Gasteiger partial charge in [0.05, 0.1) is 17.2 Å². The Morgan fingerprint density at radius 2 is 1.73 bits per heavy atom. The molecule has 4 nitrogen and oxygen atoms in total. The number of carbonyl (C=O) groups is 1. The SMILES string of the molecule is C=C(C(=O)Nc1ccc(C#N)cc1)C1(O)CCC(c2ccccc2)CC1. The Bertz CT molecular complexity index is 827. The molecule has 0 bridgehead atoms. The molecule has 0 aromatic heterocycles. The zero-order chi connectivity index (χ0) is 18.6. The molecule has 1 fully saturated rings. The molecule has 26 heavy (non-hydrogen) atoms. The highest BCUT2D eigenvalue weighted by Gasteiger charge is 2.38. The van der Waals surface area contributed by atoms with Gasteiger partial charge in [-0.2, -0.15) is 5.26 Å². The van der Waals surface area contributed by atoms with Crippen molar-refractivity contribution in [3.05, 3.63) is 77.9 Å². The van der Waals surface area contributed by atoms with E-state index >= 15 is 0 Å². The summed E-state index contributed by atoms with van der Waals surface area (Å²) in [4.78, 5) is 12.5. The number of hydrogen-bond acceptors (Lipinski definition) is 3. The van der Waals surface area contributed by atoms with E-state index in [0.717, 1.165) is 12.8 Å². The molecule has 0 unspecified atom stereocenters. The van der Waals surface area contributed by atoms with Gasteiger partial charge in [-0.05, 0) is 61.4 Å². The van der Waals surface area contributed by atoms with Crippen molar-refractivity contribution in [2.75, 3.05) is 5.32 Å². The second kappa shape index (κ2) is 7.55. The Hall–Kier alpha value is -2.90. The van der Waals surface area contributed by atoms with Crippen LogP contribution in [-0.2, 0) is 4.79 Å². The quantitative estimate of drug-likeness (QED) is 0.817. The van der Waals surface area contributed by atoms with Crippen LogP contribution in [0.25, 0.3) is 0 Å². The highest BCUT2D eigenvalue weighted by Crippen LogP contribution is 2.41. The van der Waals surface area contributed by atoms with E-state index < -0.39 is 5.60 Å². The molecule has 2 aromatic carbocycles. The van der Waals surface area contributed by atoms with Gasteiger partial charge in [0.2, 0.25) is 0 Å². The fraction of sp³-hybridized carbons (Fsp3) is 0.273. The van der Waals surface area contributed by atoms with Crippen LogP contribution in [0.3, 0.4) is 0 Å². The highest BCUT2D eigenvalue weighted by atomic mass is 16.3. The van der Waals surface area contributed by atoms with E-state index in [1.165, 1.54) is 5.56 Å². The second-order valence-electron chi connectivity index (χ2n) is 6.84. The molecule has 0 heterocycles. The van der Waals surface area contributed by atoms with E-state index in [4.69, 9.17) is 5.26 Å². The molecule has 0 atom stereocenters. The van der Waals surface area contributed by atoms with Crippen molar-refractivity contribution < 1.29 is 9.90 Å². The highest BCUT2D eigenvalue weighted by molar-refractivity contribution is 6.04. The van der Waals surface area contributed by atoms with Crippen LogP contribution in [0.4, 0.5) is 5.69 Å². The topological polar surface area (TPSA) is 73.1 Å². The average molecular weight is 346 g/mol. The molecule has 0 aliphatic heterocycles. The van der Waals surface area contributed by atoms with Crippen molar-refractivity contribution in [3.8, 4) is 6.07 Å². The standard InChI is InChI=1S/C22H22N2O2/c1-16(21(25)24-20-9-7-17(15-23)8-10-20)22(26)13-11-19(12-14-22)18-5-3-2-4-6-18/h2-10,19,26H,1,11-14H2,(H,24,25). The van der Waals surface area contributed by atoms with E-state index in [2.05, 4.69) is 24.0 Å². The van der Waals surface area contributed by atoms with Crippen molar-refractivity contribution in [2.24, 2.45) is 0 Å². The van der Waals surface area contributed by atoms with Gasteiger partial charge in [0, 0.05) is 11.3 Å². The Morgan fingerprint density at radius 3 is 2.31 bits per heavy atom. The van der Waals surface area contributed by atoms with Gasteiger partial charge in [0.1, 0.15) is 0 Å². The van der Waals surface area contributed by atoms with Gasteiger partial charge >= 0.3 is 0 Å². The molecule has 0 radical (unpaired) electrons. The predicted octanol–water partition coefficient (Wildman–Crippen LogP) is 4.14. The summed E-state index contributed by atoms with van der Waals surface area (Å²) in [5.41, 5.74) is 1.43. The first-order valence-corrected chi connectivity index (χ1v) is 8.80. The van der Waals surface area contributed by atoms with Crippen molar-refractivity contribution in [2.45, 2.75) is 37.2 Å². The summed E-state index contributed by atoms with van der Waals surface area (Å²) in [5.74, 6) is 0.0289. The lowest BCUT2D eigenvalue weighted by atomic mass is 9.73. The molecule has 3 rings (SSSR count). The third-order valence-electron chi connectivity index (χ3n) is 5.19. The summed E-state index contributed by atoms with van der Waals surface area (Å²) >= 11 is 0. The van der Waals surface area contributed by atoms with Gasteiger partial charge in [0.15, 0.2) is 0 Å². The number of carbonyl (C=O) groups excluding carboxylic acids is 1. The molecule has 2 N–H and O–H groups in total. The van der Waals surface area contributed by atoms with Crippen LogP contribution in [0, 0.1) is 11.3 Å². The van der Waals surface area contributed by atoms with Crippen molar-refractivity contribution in [1.82, 2.24) is 0 Å². The van der Waals surface area contributed by atoms with Gasteiger partial charge in [-0.25, -0.2) is 0 Å². The van der Waals surface area contributed by atoms with Crippen LogP contribution in [0.2, 0.25) is 0 Å². The fourth-order valence-corrected chi connectivity index (χ4v) is 3.50. The third kappa shape index (κ3) is 3.84. The van der Waals surface area contributed by atoms with Crippen LogP contribution in [-0.4, -0.2) is 16.6 Å². The molecule has 0 saturated heterocycles. The summed E-state index contributed by atoms with van der Waals surface area (Å²) < 4.78 is 0. The summed E-state index contributed by atoms with van der Waals surface area (Å²) in [6.07, 6.45) is 2.69. The minimum Gasteiger partial charge on any atom is -0.385 e. The molecular weight excluding hydrogens is 324 g/mol. The largest absolute Gasteiger partial charge is 0.385 e. The monoisotopic (exact) mass is 346 g/mol. The number of anilines is 1. The average Bonchev–Trinajstić information content (AvgIpc) is 2.69. The molecule has 4 heteroatoms. The van der Waals surface area contributed by atoms with Gasteiger partial charge < -0.3 is 10.4 Å². The fourth-order valence-electron chi connectivity index (χ4n) is 3.50. The second-order valence-corrected chi connectivity index (χ2v) is 6.84. The normalized spacial score (nSPS) is 22.2. The van der Waals surface area contributed by atoms with E-state index in [9.17, 15) is 9.90 Å². The number of nitriles is 1. The van der Waals surface area contributed by atoms with E-state index in [0.29, 0.717) is 30.0 Å². The maximum Gasteiger partial charge on any atom is 0.253 e. The van der Waals surface area contributed by atoms with Crippen LogP contribution in [0.5, 0.6) is 0 Å². The molecule has 132 valence electrons. The molecular formula is C22H22N2O2. The Balaban J connectivity index is 1.61. The third-order valence-corrected chi connectivity index (χ3v) is 5.19. The van der Waals surface area contributed by atoms with E-state index in [1.54, 1.807) is 24.3 Å². The minimum absolute atomic E-state index is 0.202. The van der Waals surface area contributed by atoms with Crippen LogP contribution in [0.15, 0.2) is 66.7 Å². The first-order valence-electron chi connectivity index (χ1n) is 8.80. The van der Waals surface area contributed by atoms with E-state index in [1.807, 2.05) is 24.3 Å². The molecule has 1 aliphatic carbocycles. The maximum atomic E-state index is 12.5.